The first-order valence-corrected chi connectivity index (χ1v) is 3.32. The van der Waals surface area contributed by atoms with Gasteiger partial charge in [-0.1, -0.05) is 20.4 Å². The van der Waals surface area contributed by atoms with E-state index in [1.54, 1.807) is 0 Å². The Bertz CT molecular complexity index is 121. The molecule has 0 spiro atoms. The summed E-state index contributed by atoms with van der Waals surface area (Å²) < 4.78 is 0. The minimum Gasteiger partial charge on any atom is -0.338 e. The van der Waals surface area contributed by atoms with Crippen LogP contribution in [0.1, 0.15) is 13.8 Å². The first-order chi connectivity index (χ1) is 4.66. The van der Waals surface area contributed by atoms with Crippen LogP contribution in [0.15, 0.2) is 12.8 Å². The summed E-state index contributed by atoms with van der Waals surface area (Å²) in [4.78, 5) is 10.7. The van der Waals surface area contributed by atoms with Gasteiger partial charge in [-0.3, -0.25) is 0 Å². The van der Waals surface area contributed by atoms with E-state index in [0.29, 0.717) is 12.5 Å². The van der Waals surface area contributed by atoms with Crippen molar-refractivity contribution in [1.82, 2.24) is 10.6 Å². The Kier molecular flexibility index (Phi) is 4.37. The van der Waals surface area contributed by atoms with E-state index in [2.05, 4.69) is 17.2 Å². The first-order valence-electron chi connectivity index (χ1n) is 3.32. The van der Waals surface area contributed by atoms with E-state index in [1.165, 1.54) is 6.20 Å². The zero-order valence-corrected chi connectivity index (χ0v) is 6.48. The number of nitrogens with one attached hydrogen (secondary N) is 2. The molecule has 0 bridgehead atoms. The molecule has 0 unspecified atom stereocenters. The second-order valence-electron chi connectivity index (χ2n) is 2.45. The van der Waals surface area contributed by atoms with Crippen LogP contribution in [0.5, 0.6) is 0 Å². The van der Waals surface area contributed by atoms with Crippen LogP contribution in [0.3, 0.4) is 0 Å². The van der Waals surface area contributed by atoms with Crippen molar-refractivity contribution in [3.8, 4) is 0 Å². The van der Waals surface area contributed by atoms with Gasteiger partial charge in [0.15, 0.2) is 0 Å². The maximum atomic E-state index is 10.7. The molecule has 0 rings (SSSR count). The van der Waals surface area contributed by atoms with Crippen LogP contribution in [0.2, 0.25) is 0 Å². The maximum absolute atomic E-state index is 10.7. The summed E-state index contributed by atoms with van der Waals surface area (Å²) in [5.74, 6) is 0.482. The monoisotopic (exact) mass is 142 g/mol. The summed E-state index contributed by atoms with van der Waals surface area (Å²) in [5.41, 5.74) is 0. The summed E-state index contributed by atoms with van der Waals surface area (Å²) in [6, 6.07) is -0.191. The Balaban J connectivity index is 3.30. The lowest BCUT2D eigenvalue weighted by atomic mass is 10.2. The van der Waals surface area contributed by atoms with Crippen LogP contribution in [0.25, 0.3) is 0 Å². The molecule has 0 saturated heterocycles. The minimum absolute atomic E-state index is 0.191. The molecule has 0 aliphatic carbocycles. The van der Waals surface area contributed by atoms with Crippen molar-refractivity contribution in [2.24, 2.45) is 5.92 Å². The Morgan fingerprint density at radius 2 is 2.30 bits per heavy atom. The molecule has 0 aromatic heterocycles. The Morgan fingerprint density at radius 3 is 2.70 bits per heavy atom. The third kappa shape index (κ3) is 5.15. The van der Waals surface area contributed by atoms with Gasteiger partial charge in [0.05, 0.1) is 0 Å². The Morgan fingerprint density at radius 1 is 1.70 bits per heavy atom. The van der Waals surface area contributed by atoms with Crippen molar-refractivity contribution < 1.29 is 4.79 Å². The molecule has 2 N–H and O–H groups in total. The molecule has 2 amide bonds. The Hall–Kier alpha value is -0.990. The second-order valence-corrected chi connectivity index (χ2v) is 2.45. The molecular formula is C7H14N2O. The number of hydrogen-bond acceptors (Lipinski definition) is 1. The van der Waals surface area contributed by atoms with Crippen molar-refractivity contribution >= 4 is 6.03 Å². The molecule has 0 aliphatic heterocycles. The lowest BCUT2D eigenvalue weighted by Crippen LogP contribution is -2.34. The standard InChI is InChI=1S/C7H14N2O/c1-4-8-7(10)9-5-6(2)3/h4,6H,1,5H2,2-3H3,(H2,8,9,10). The van der Waals surface area contributed by atoms with E-state index in [9.17, 15) is 4.79 Å². The molecule has 0 atom stereocenters. The van der Waals surface area contributed by atoms with E-state index in [-0.39, 0.29) is 6.03 Å². The van der Waals surface area contributed by atoms with Crippen LogP contribution in [0.4, 0.5) is 4.79 Å². The van der Waals surface area contributed by atoms with Gasteiger partial charge in [0, 0.05) is 6.54 Å². The quantitative estimate of drug-likeness (QED) is 0.608. The van der Waals surface area contributed by atoms with Gasteiger partial charge in [-0.15, -0.1) is 0 Å². The lowest BCUT2D eigenvalue weighted by Gasteiger charge is -2.05. The van der Waals surface area contributed by atoms with Gasteiger partial charge >= 0.3 is 6.03 Å². The minimum atomic E-state index is -0.191. The molecule has 0 aromatic carbocycles. The van der Waals surface area contributed by atoms with Crippen molar-refractivity contribution in [3.63, 3.8) is 0 Å². The molecule has 58 valence electrons. The highest BCUT2D eigenvalue weighted by atomic mass is 16.2. The molecule has 0 aliphatic rings. The normalized spacial score (nSPS) is 9.10. The molecule has 0 saturated carbocycles. The molecule has 0 aromatic rings. The highest BCUT2D eigenvalue weighted by Gasteiger charge is 1.96. The number of carbonyl (C=O) groups excluding carboxylic acids is 1. The van der Waals surface area contributed by atoms with Gasteiger partial charge in [-0.05, 0) is 12.1 Å². The number of hydrogen-bond donors (Lipinski definition) is 2. The van der Waals surface area contributed by atoms with Crippen molar-refractivity contribution in [1.29, 1.82) is 0 Å². The number of amides is 2. The zero-order chi connectivity index (χ0) is 7.98. The predicted molar refractivity (Wildman–Crippen MR) is 41.6 cm³/mol. The second kappa shape index (κ2) is 4.85. The van der Waals surface area contributed by atoms with E-state index >= 15 is 0 Å². The van der Waals surface area contributed by atoms with E-state index in [1.807, 2.05) is 13.8 Å². The summed E-state index contributed by atoms with van der Waals surface area (Å²) in [7, 11) is 0. The van der Waals surface area contributed by atoms with Crippen LogP contribution in [-0.4, -0.2) is 12.6 Å². The highest BCUT2D eigenvalue weighted by molar-refractivity contribution is 5.74. The number of carbonyl (C=O) groups is 1. The smallest absolute Gasteiger partial charge is 0.318 e. The fraction of sp³-hybridized carbons (Fsp3) is 0.571. The highest BCUT2D eigenvalue weighted by Crippen LogP contribution is 1.85. The molecule has 0 radical (unpaired) electrons. The number of urea groups is 1. The van der Waals surface area contributed by atoms with Crippen molar-refractivity contribution in [2.45, 2.75) is 13.8 Å². The average molecular weight is 142 g/mol. The molecule has 0 fully saturated rings. The van der Waals surface area contributed by atoms with Gasteiger partial charge < -0.3 is 10.6 Å². The van der Waals surface area contributed by atoms with Gasteiger partial charge in [0.2, 0.25) is 0 Å². The largest absolute Gasteiger partial charge is 0.338 e. The fourth-order valence-corrected chi connectivity index (χ4v) is 0.441. The van der Waals surface area contributed by atoms with E-state index in [4.69, 9.17) is 0 Å². The van der Waals surface area contributed by atoms with E-state index in [0.717, 1.165) is 0 Å². The number of rotatable bonds is 3. The van der Waals surface area contributed by atoms with Gasteiger partial charge in [-0.25, -0.2) is 4.79 Å². The van der Waals surface area contributed by atoms with Crippen molar-refractivity contribution in [2.75, 3.05) is 6.54 Å². The summed E-state index contributed by atoms with van der Waals surface area (Å²) in [6.45, 7) is 8.12. The summed E-state index contributed by atoms with van der Waals surface area (Å²) in [5, 5.41) is 5.08. The summed E-state index contributed by atoms with van der Waals surface area (Å²) in [6.07, 6.45) is 1.36. The predicted octanol–water partition coefficient (Wildman–Crippen LogP) is 1.09. The average Bonchev–Trinajstić information content (AvgIpc) is 1.85. The van der Waals surface area contributed by atoms with Crippen molar-refractivity contribution in [3.05, 3.63) is 12.8 Å². The molecule has 10 heavy (non-hydrogen) atoms. The van der Waals surface area contributed by atoms with Gasteiger partial charge in [-0.2, -0.15) is 0 Å². The van der Waals surface area contributed by atoms with Crippen LogP contribution >= 0.6 is 0 Å². The molecule has 3 heteroatoms. The fourth-order valence-electron chi connectivity index (χ4n) is 0.441. The molecule has 3 nitrogen and oxygen atoms in total. The topological polar surface area (TPSA) is 41.1 Å². The third-order valence-corrected chi connectivity index (χ3v) is 0.904. The van der Waals surface area contributed by atoms with Crippen LogP contribution in [-0.2, 0) is 0 Å². The lowest BCUT2D eigenvalue weighted by molar-refractivity contribution is 0.243. The van der Waals surface area contributed by atoms with Crippen LogP contribution in [0, 0.1) is 5.92 Å². The molecule has 0 heterocycles. The third-order valence-electron chi connectivity index (χ3n) is 0.904. The zero-order valence-electron chi connectivity index (χ0n) is 6.48. The first kappa shape index (κ1) is 9.01. The van der Waals surface area contributed by atoms with E-state index < -0.39 is 0 Å². The molecular weight excluding hydrogens is 128 g/mol. The van der Waals surface area contributed by atoms with Gasteiger partial charge in [0.1, 0.15) is 0 Å². The van der Waals surface area contributed by atoms with Crippen LogP contribution < -0.4 is 10.6 Å². The summed E-state index contributed by atoms with van der Waals surface area (Å²) >= 11 is 0. The maximum Gasteiger partial charge on any atom is 0.318 e. The Labute approximate surface area is 61.5 Å². The van der Waals surface area contributed by atoms with Gasteiger partial charge in [0.25, 0.3) is 0 Å². The SMILES string of the molecule is C=CNC(=O)NCC(C)C.